The van der Waals surface area contributed by atoms with Crippen LogP contribution >= 0.6 is 0 Å². The molecule has 1 aromatic heterocycles. The van der Waals surface area contributed by atoms with Gasteiger partial charge in [0.15, 0.2) is 0 Å². The molecule has 1 heterocycles. The molecule has 4 nitrogen and oxygen atoms in total. The minimum atomic E-state index is -0.355. The van der Waals surface area contributed by atoms with Gasteiger partial charge in [0.25, 0.3) is 0 Å². The lowest BCUT2D eigenvalue weighted by molar-refractivity contribution is 0.152. The van der Waals surface area contributed by atoms with Crippen LogP contribution in [-0.2, 0) is 6.42 Å². The molecule has 9 heavy (non-hydrogen) atoms. The van der Waals surface area contributed by atoms with Gasteiger partial charge in [-0.3, -0.25) is 0 Å². The molecular formula is C5H8N2O2. The van der Waals surface area contributed by atoms with E-state index in [2.05, 4.69) is 4.98 Å². The predicted octanol–water partition coefficient (Wildman–Crippen LogP) is 0.388. The summed E-state index contributed by atoms with van der Waals surface area (Å²) < 4.78 is 0.596. The van der Waals surface area contributed by atoms with Crippen molar-refractivity contribution in [1.82, 2.24) is 9.71 Å². The summed E-state index contributed by atoms with van der Waals surface area (Å²) in [5, 5.41) is 17.3. The van der Waals surface area contributed by atoms with Gasteiger partial charge in [0.2, 0.25) is 0 Å². The number of hydrogen-bond acceptors (Lipinski definition) is 3. The Balaban J connectivity index is 2.98. The van der Waals surface area contributed by atoms with Crippen LogP contribution in [0.15, 0.2) is 6.20 Å². The van der Waals surface area contributed by atoms with Gasteiger partial charge in [-0.05, 0) is 6.42 Å². The van der Waals surface area contributed by atoms with Crippen molar-refractivity contribution in [3.05, 3.63) is 11.9 Å². The van der Waals surface area contributed by atoms with E-state index in [4.69, 9.17) is 10.3 Å². The number of aryl methyl sites for hydroxylation is 1. The number of rotatable bonds is 1. The van der Waals surface area contributed by atoms with Crippen LogP contribution < -0.4 is 0 Å². The molecule has 4 heteroatoms. The van der Waals surface area contributed by atoms with Gasteiger partial charge < -0.3 is 10.3 Å². The second-order valence-electron chi connectivity index (χ2n) is 1.73. The first kappa shape index (κ1) is 5.94. The molecule has 0 bridgehead atoms. The van der Waals surface area contributed by atoms with E-state index in [0.717, 1.165) is 0 Å². The summed E-state index contributed by atoms with van der Waals surface area (Å²) in [7, 11) is 0. The molecular weight excluding hydrogens is 120 g/mol. The molecule has 0 aromatic carbocycles. The quantitative estimate of drug-likeness (QED) is 0.538. The van der Waals surface area contributed by atoms with Crippen LogP contribution in [0.4, 0.5) is 0 Å². The van der Waals surface area contributed by atoms with Crippen molar-refractivity contribution < 1.29 is 10.3 Å². The van der Waals surface area contributed by atoms with E-state index in [9.17, 15) is 0 Å². The summed E-state index contributed by atoms with van der Waals surface area (Å²) in [5.41, 5.74) is 0.676. The highest BCUT2D eigenvalue weighted by atomic mass is 16.5. The summed E-state index contributed by atoms with van der Waals surface area (Å²) in [6.45, 7) is 1.89. The fraction of sp³-hybridized carbons (Fsp3) is 0.400. The lowest BCUT2D eigenvalue weighted by atomic mass is 10.4. The molecule has 2 N–H and O–H groups in total. The molecule has 0 amide bonds. The topological polar surface area (TPSA) is 58.3 Å². The van der Waals surface area contributed by atoms with Crippen LogP contribution in [0, 0.1) is 0 Å². The zero-order valence-electron chi connectivity index (χ0n) is 5.07. The third kappa shape index (κ3) is 0.960. The smallest absolute Gasteiger partial charge is 0.327 e. The van der Waals surface area contributed by atoms with Crippen molar-refractivity contribution >= 4 is 0 Å². The Hall–Kier alpha value is -1.19. The third-order valence-corrected chi connectivity index (χ3v) is 1.08. The molecule has 0 saturated heterocycles. The van der Waals surface area contributed by atoms with E-state index >= 15 is 0 Å². The maximum atomic E-state index is 8.68. The Morgan fingerprint density at radius 1 is 1.78 bits per heavy atom. The molecule has 1 aromatic rings. The van der Waals surface area contributed by atoms with Gasteiger partial charge in [-0.1, -0.05) is 6.92 Å². The lowest BCUT2D eigenvalue weighted by Gasteiger charge is -1.84. The maximum Gasteiger partial charge on any atom is 0.327 e. The molecule has 0 aliphatic rings. The normalized spacial score (nSPS) is 9.89. The summed E-state index contributed by atoms with van der Waals surface area (Å²) in [6, 6.07) is -0.355. The van der Waals surface area contributed by atoms with Gasteiger partial charge in [-0.15, -0.1) is 4.73 Å². The number of hydrogen-bond donors (Lipinski definition) is 2. The molecule has 0 fully saturated rings. The number of aromatic hydroxyl groups is 1. The zero-order chi connectivity index (χ0) is 6.85. The predicted molar refractivity (Wildman–Crippen MR) is 30.5 cm³/mol. The van der Waals surface area contributed by atoms with E-state index in [1.165, 1.54) is 6.20 Å². The minimum Gasteiger partial charge on any atom is -0.478 e. The van der Waals surface area contributed by atoms with Crippen molar-refractivity contribution in [1.29, 1.82) is 0 Å². The highest BCUT2D eigenvalue weighted by molar-refractivity contribution is 5.04. The molecule has 0 radical (unpaired) electrons. The van der Waals surface area contributed by atoms with Gasteiger partial charge in [0, 0.05) is 0 Å². The van der Waals surface area contributed by atoms with Crippen LogP contribution in [0.25, 0.3) is 0 Å². The third-order valence-electron chi connectivity index (χ3n) is 1.08. The Morgan fingerprint density at radius 3 is 2.67 bits per heavy atom. The first-order valence-electron chi connectivity index (χ1n) is 2.70. The molecule has 50 valence electrons. The molecule has 0 saturated carbocycles. The largest absolute Gasteiger partial charge is 0.478 e. The van der Waals surface area contributed by atoms with Crippen molar-refractivity contribution in [2.75, 3.05) is 0 Å². The highest BCUT2D eigenvalue weighted by Gasteiger charge is 2.00. The van der Waals surface area contributed by atoms with Crippen LogP contribution in [0.2, 0.25) is 0 Å². The second-order valence-corrected chi connectivity index (χ2v) is 1.73. The minimum absolute atomic E-state index is 0.355. The summed E-state index contributed by atoms with van der Waals surface area (Å²) in [6.07, 6.45) is 2.08. The van der Waals surface area contributed by atoms with Gasteiger partial charge >= 0.3 is 6.01 Å². The Kier molecular flexibility index (Phi) is 1.30. The first-order chi connectivity index (χ1) is 4.24. The second kappa shape index (κ2) is 1.97. The van der Waals surface area contributed by atoms with E-state index in [1.807, 2.05) is 6.92 Å². The van der Waals surface area contributed by atoms with E-state index in [-0.39, 0.29) is 6.01 Å². The van der Waals surface area contributed by atoms with E-state index in [0.29, 0.717) is 16.8 Å². The summed E-state index contributed by atoms with van der Waals surface area (Å²) >= 11 is 0. The Bertz CT molecular complexity index is 187. The number of aromatic nitrogens is 2. The standard InChI is InChI=1S/C5H8N2O2/c1-2-4-3-7(9)5(8)6-4/h3,9H,2H2,1H3,(H,6,8). The molecule has 0 atom stereocenters. The van der Waals surface area contributed by atoms with Gasteiger partial charge in [-0.25, -0.2) is 0 Å². The highest BCUT2D eigenvalue weighted by Crippen LogP contribution is 2.05. The van der Waals surface area contributed by atoms with Crippen molar-refractivity contribution in [3.63, 3.8) is 0 Å². The fourth-order valence-electron chi connectivity index (χ4n) is 0.578. The summed E-state index contributed by atoms with van der Waals surface area (Å²) in [4.78, 5) is 3.60. The van der Waals surface area contributed by atoms with Crippen LogP contribution in [-0.4, -0.2) is 20.0 Å². The molecule has 0 unspecified atom stereocenters. The van der Waals surface area contributed by atoms with Crippen LogP contribution in [0.1, 0.15) is 12.6 Å². The van der Waals surface area contributed by atoms with E-state index in [1.54, 1.807) is 0 Å². The Labute approximate surface area is 52.3 Å². The van der Waals surface area contributed by atoms with Crippen molar-refractivity contribution in [3.8, 4) is 6.01 Å². The van der Waals surface area contributed by atoms with Gasteiger partial charge in [0.1, 0.15) is 0 Å². The monoisotopic (exact) mass is 128 g/mol. The summed E-state index contributed by atoms with van der Waals surface area (Å²) in [5.74, 6) is 0. The number of nitrogens with zero attached hydrogens (tertiary/aromatic N) is 2. The first-order valence-corrected chi connectivity index (χ1v) is 2.70. The van der Waals surface area contributed by atoms with Crippen molar-refractivity contribution in [2.24, 2.45) is 0 Å². The van der Waals surface area contributed by atoms with E-state index < -0.39 is 0 Å². The van der Waals surface area contributed by atoms with Gasteiger partial charge in [-0.2, -0.15) is 4.98 Å². The fourth-order valence-corrected chi connectivity index (χ4v) is 0.578. The average molecular weight is 128 g/mol. The molecule has 0 aliphatic carbocycles. The molecule has 0 aliphatic heterocycles. The zero-order valence-corrected chi connectivity index (χ0v) is 5.07. The van der Waals surface area contributed by atoms with Crippen LogP contribution in [0.3, 0.4) is 0 Å². The van der Waals surface area contributed by atoms with Crippen LogP contribution in [0.5, 0.6) is 6.01 Å². The van der Waals surface area contributed by atoms with Gasteiger partial charge in [0.05, 0.1) is 11.9 Å². The lowest BCUT2D eigenvalue weighted by Crippen LogP contribution is -1.83. The SMILES string of the molecule is CCc1cn(O)c(O)n1. The molecule has 0 spiro atoms. The maximum absolute atomic E-state index is 8.68. The number of imidazole rings is 1. The average Bonchev–Trinajstić information content (AvgIpc) is 2.13. The van der Waals surface area contributed by atoms with Crippen molar-refractivity contribution in [2.45, 2.75) is 13.3 Å². The molecule has 1 rings (SSSR count). The Morgan fingerprint density at radius 2 is 2.44 bits per heavy atom.